The molecule has 0 radical (unpaired) electrons. The number of hydrogen-bond acceptors (Lipinski definition) is 2. The van der Waals surface area contributed by atoms with Crippen LogP contribution in [0.15, 0.2) is 18.2 Å². The number of carbonyl (C=O) groups excluding carboxylic acids is 1. The van der Waals surface area contributed by atoms with E-state index in [4.69, 9.17) is 5.11 Å². The average molecular weight is 275 g/mol. The molecular formula is C16H21NO3. The van der Waals surface area contributed by atoms with E-state index in [2.05, 4.69) is 18.2 Å². The van der Waals surface area contributed by atoms with Crippen LogP contribution in [0.25, 0.3) is 0 Å². The molecule has 0 atom stereocenters. The topological polar surface area (TPSA) is 57.6 Å². The Bertz CT molecular complexity index is 500. The second kappa shape index (κ2) is 6.07. The van der Waals surface area contributed by atoms with Gasteiger partial charge in [0.1, 0.15) is 6.54 Å². The number of rotatable bonds is 6. The van der Waals surface area contributed by atoms with Crippen molar-refractivity contribution in [2.75, 3.05) is 6.54 Å². The number of aryl methyl sites for hydroxylation is 3. The van der Waals surface area contributed by atoms with Crippen molar-refractivity contribution in [1.29, 1.82) is 0 Å². The minimum Gasteiger partial charge on any atom is -0.480 e. The van der Waals surface area contributed by atoms with Gasteiger partial charge in [-0.3, -0.25) is 9.59 Å². The lowest BCUT2D eigenvalue weighted by Crippen LogP contribution is -2.37. The monoisotopic (exact) mass is 275 g/mol. The standard InChI is InChI=1S/C16H21NO3/c1-11-7-12(2)9-13(8-11)3-6-15(18)17(10-16(19)20)14-4-5-14/h7-9,14H,3-6,10H2,1-2H3,(H,19,20). The predicted molar refractivity (Wildman–Crippen MR) is 76.6 cm³/mol. The maximum absolute atomic E-state index is 12.2. The third-order valence-electron chi connectivity index (χ3n) is 3.52. The maximum atomic E-state index is 12.2. The van der Waals surface area contributed by atoms with E-state index in [-0.39, 0.29) is 18.5 Å². The highest BCUT2D eigenvalue weighted by atomic mass is 16.4. The van der Waals surface area contributed by atoms with Gasteiger partial charge in [-0.05, 0) is 38.7 Å². The average Bonchev–Trinajstić information content (AvgIpc) is 3.15. The molecule has 0 spiro atoms. The summed E-state index contributed by atoms with van der Waals surface area (Å²) in [6.07, 6.45) is 2.92. The Balaban J connectivity index is 1.94. The molecule has 4 heteroatoms. The lowest BCUT2D eigenvalue weighted by atomic mass is 10.0. The van der Waals surface area contributed by atoms with Gasteiger partial charge in [0, 0.05) is 12.5 Å². The Labute approximate surface area is 119 Å². The van der Waals surface area contributed by atoms with Gasteiger partial charge in [-0.1, -0.05) is 29.3 Å². The van der Waals surface area contributed by atoms with Crippen LogP contribution in [0.2, 0.25) is 0 Å². The molecule has 1 aliphatic carbocycles. The van der Waals surface area contributed by atoms with Gasteiger partial charge in [0.2, 0.25) is 5.91 Å². The first-order valence-electron chi connectivity index (χ1n) is 7.04. The smallest absolute Gasteiger partial charge is 0.323 e. The molecule has 108 valence electrons. The molecule has 1 aliphatic rings. The summed E-state index contributed by atoms with van der Waals surface area (Å²) in [6, 6.07) is 6.42. The summed E-state index contributed by atoms with van der Waals surface area (Å²) in [5, 5.41) is 8.87. The van der Waals surface area contributed by atoms with Crippen LogP contribution in [0, 0.1) is 13.8 Å². The van der Waals surface area contributed by atoms with Crippen molar-refractivity contribution < 1.29 is 14.7 Å². The first kappa shape index (κ1) is 14.6. The number of aliphatic carboxylic acids is 1. The fourth-order valence-corrected chi connectivity index (χ4v) is 2.56. The number of carbonyl (C=O) groups is 2. The first-order valence-corrected chi connectivity index (χ1v) is 7.04. The van der Waals surface area contributed by atoms with Crippen LogP contribution < -0.4 is 0 Å². The normalized spacial score (nSPS) is 14.1. The fourth-order valence-electron chi connectivity index (χ4n) is 2.56. The van der Waals surface area contributed by atoms with E-state index in [0.717, 1.165) is 18.4 Å². The molecule has 1 amide bonds. The highest BCUT2D eigenvalue weighted by molar-refractivity contribution is 5.82. The van der Waals surface area contributed by atoms with Crippen LogP contribution in [0.3, 0.4) is 0 Å². The molecule has 0 aromatic heterocycles. The SMILES string of the molecule is Cc1cc(C)cc(CCC(=O)N(CC(=O)O)C2CC2)c1. The molecule has 4 nitrogen and oxygen atoms in total. The zero-order valence-electron chi connectivity index (χ0n) is 12.1. The zero-order valence-corrected chi connectivity index (χ0v) is 12.1. The van der Waals surface area contributed by atoms with Gasteiger partial charge in [0.05, 0.1) is 0 Å². The van der Waals surface area contributed by atoms with E-state index in [1.54, 1.807) is 0 Å². The number of carboxylic acids is 1. The second-order valence-corrected chi connectivity index (χ2v) is 5.64. The molecule has 0 saturated heterocycles. The van der Waals surface area contributed by atoms with E-state index < -0.39 is 5.97 Å². The van der Waals surface area contributed by atoms with Gasteiger partial charge < -0.3 is 10.0 Å². The number of amides is 1. The molecule has 1 fully saturated rings. The van der Waals surface area contributed by atoms with Gasteiger partial charge >= 0.3 is 5.97 Å². The highest BCUT2D eigenvalue weighted by Crippen LogP contribution is 2.27. The molecular weight excluding hydrogens is 254 g/mol. The van der Waals surface area contributed by atoms with E-state index in [0.29, 0.717) is 12.8 Å². The Morgan fingerprint density at radius 2 is 1.80 bits per heavy atom. The number of benzene rings is 1. The molecule has 1 aromatic carbocycles. The maximum Gasteiger partial charge on any atom is 0.323 e. The summed E-state index contributed by atoms with van der Waals surface area (Å²) in [4.78, 5) is 24.5. The number of carboxylic acid groups (broad SMARTS) is 1. The molecule has 0 aliphatic heterocycles. The van der Waals surface area contributed by atoms with Gasteiger partial charge in [-0.15, -0.1) is 0 Å². The quantitative estimate of drug-likeness (QED) is 0.866. The zero-order chi connectivity index (χ0) is 14.7. The number of hydrogen-bond donors (Lipinski definition) is 1. The summed E-state index contributed by atoms with van der Waals surface area (Å²) in [7, 11) is 0. The number of nitrogens with zero attached hydrogens (tertiary/aromatic N) is 1. The molecule has 1 aromatic rings. The minimum atomic E-state index is -0.934. The third-order valence-corrected chi connectivity index (χ3v) is 3.52. The van der Waals surface area contributed by atoms with E-state index in [9.17, 15) is 9.59 Å². The Morgan fingerprint density at radius 3 is 2.30 bits per heavy atom. The molecule has 0 bridgehead atoms. The van der Waals surface area contributed by atoms with Crippen LogP contribution in [0.5, 0.6) is 0 Å². The van der Waals surface area contributed by atoms with Crippen molar-refractivity contribution in [3.05, 3.63) is 34.9 Å². The van der Waals surface area contributed by atoms with Crippen molar-refractivity contribution in [2.45, 2.75) is 45.6 Å². The van der Waals surface area contributed by atoms with Crippen LogP contribution >= 0.6 is 0 Å². The lowest BCUT2D eigenvalue weighted by molar-refractivity contribution is -0.144. The molecule has 20 heavy (non-hydrogen) atoms. The van der Waals surface area contributed by atoms with Gasteiger partial charge in [-0.25, -0.2) is 0 Å². The van der Waals surface area contributed by atoms with E-state index in [1.807, 2.05) is 13.8 Å². The summed E-state index contributed by atoms with van der Waals surface area (Å²) in [5.74, 6) is -0.981. The Hall–Kier alpha value is -1.84. The van der Waals surface area contributed by atoms with E-state index >= 15 is 0 Å². The van der Waals surface area contributed by atoms with Gasteiger partial charge in [-0.2, -0.15) is 0 Å². The highest BCUT2D eigenvalue weighted by Gasteiger charge is 2.33. The van der Waals surface area contributed by atoms with Crippen molar-refractivity contribution in [2.24, 2.45) is 0 Å². The predicted octanol–water partition coefficient (Wildman–Crippen LogP) is 2.31. The van der Waals surface area contributed by atoms with E-state index in [1.165, 1.54) is 16.0 Å². The van der Waals surface area contributed by atoms with Crippen molar-refractivity contribution >= 4 is 11.9 Å². The van der Waals surface area contributed by atoms with Crippen molar-refractivity contribution in [3.63, 3.8) is 0 Å². The minimum absolute atomic E-state index is 0.0472. The summed E-state index contributed by atoms with van der Waals surface area (Å²) >= 11 is 0. The largest absolute Gasteiger partial charge is 0.480 e. The molecule has 1 N–H and O–H groups in total. The van der Waals surface area contributed by atoms with Gasteiger partial charge in [0.15, 0.2) is 0 Å². The molecule has 0 unspecified atom stereocenters. The third kappa shape index (κ3) is 4.08. The lowest BCUT2D eigenvalue weighted by Gasteiger charge is -2.20. The van der Waals surface area contributed by atoms with Crippen LogP contribution in [-0.2, 0) is 16.0 Å². The summed E-state index contributed by atoms with van der Waals surface area (Å²) < 4.78 is 0. The molecule has 0 heterocycles. The van der Waals surface area contributed by atoms with Crippen molar-refractivity contribution in [1.82, 2.24) is 4.90 Å². The van der Waals surface area contributed by atoms with Crippen LogP contribution in [-0.4, -0.2) is 34.5 Å². The van der Waals surface area contributed by atoms with Crippen LogP contribution in [0.1, 0.15) is 36.0 Å². The van der Waals surface area contributed by atoms with Crippen LogP contribution in [0.4, 0.5) is 0 Å². The first-order chi connectivity index (χ1) is 9.45. The Kier molecular flexibility index (Phi) is 4.42. The van der Waals surface area contributed by atoms with Crippen molar-refractivity contribution in [3.8, 4) is 0 Å². The fraction of sp³-hybridized carbons (Fsp3) is 0.500. The van der Waals surface area contributed by atoms with Gasteiger partial charge in [0.25, 0.3) is 0 Å². The second-order valence-electron chi connectivity index (χ2n) is 5.64. The molecule has 1 saturated carbocycles. The summed E-state index contributed by atoms with van der Waals surface area (Å²) in [5.41, 5.74) is 3.52. The Morgan fingerprint density at radius 1 is 1.20 bits per heavy atom. The summed E-state index contributed by atoms with van der Waals surface area (Å²) in [6.45, 7) is 3.91. The molecule has 2 rings (SSSR count).